The second kappa shape index (κ2) is 7.74. The van der Waals surface area contributed by atoms with Crippen LogP contribution < -0.4 is 4.90 Å². The third-order valence-electron chi connectivity index (χ3n) is 4.39. The molecule has 2 aromatic carbocycles. The predicted octanol–water partition coefficient (Wildman–Crippen LogP) is 5.12. The van der Waals surface area contributed by atoms with Crippen LogP contribution in [-0.2, 0) is 10.0 Å². The first-order valence-corrected chi connectivity index (χ1v) is 10.8. The first-order valence-electron chi connectivity index (χ1n) is 7.86. The summed E-state index contributed by atoms with van der Waals surface area (Å²) in [5.74, 6) is 0. The maximum atomic E-state index is 13.0. The molecule has 0 atom stereocenters. The van der Waals surface area contributed by atoms with Crippen LogP contribution in [0.3, 0.4) is 0 Å². The highest BCUT2D eigenvalue weighted by Crippen LogP contribution is 2.34. The molecule has 1 aliphatic rings. The molecule has 0 bridgehead atoms. The van der Waals surface area contributed by atoms with Crippen LogP contribution in [0.1, 0.15) is 5.56 Å². The van der Waals surface area contributed by atoms with E-state index in [1.54, 1.807) is 31.2 Å². The number of piperazine rings is 1. The Morgan fingerprint density at radius 1 is 0.885 bits per heavy atom. The van der Waals surface area contributed by atoms with Crippen molar-refractivity contribution in [2.24, 2.45) is 0 Å². The summed E-state index contributed by atoms with van der Waals surface area (Å²) in [7, 11) is -3.70. The van der Waals surface area contributed by atoms with Gasteiger partial charge >= 0.3 is 0 Å². The molecule has 0 unspecified atom stereocenters. The van der Waals surface area contributed by atoms with Crippen LogP contribution in [0.15, 0.2) is 35.2 Å². The molecule has 4 nitrogen and oxygen atoms in total. The zero-order valence-corrected chi connectivity index (χ0v) is 17.7. The molecular weight excluding hydrogens is 438 g/mol. The lowest BCUT2D eigenvalue weighted by Crippen LogP contribution is -2.48. The maximum absolute atomic E-state index is 13.0. The Balaban J connectivity index is 1.81. The van der Waals surface area contributed by atoms with E-state index in [2.05, 4.69) is 0 Å². The van der Waals surface area contributed by atoms with Gasteiger partial charge in [-0.3, -0.25) is 0 Å². The quantitative estimate of drug-likeness (QED) is 0.647. The third kappa shape index (κ3) is 3.79. The zero-order valence-electron chi connectivity index (χ0n) is 13.8. The standard InChI is InChI=1S/C17H16Cl4N2O2S/c1-11-13(19)4-5-16(17(11)21)26(24,25)23-8-6-22(7-9-23)15-10-12(18)2-3-14(15)20/h2-5,10H,6-9H2,1H3. The van der Waals surface area contributed by atoms with Crippen molar-refractivity contribution >= 4 is 62.1 Å². The van der Waals surface area contributed by atoms with Crippen LogP contribution in [-0.4, -0.2) is 38.9 Å². The predicted molar refractivity (Wildman–Crippen MR) is 109 cm³/mol. The minimum Gasteiger partial charge on any atom is -0.368 e. The van der Waals surface area contributed by atoms with Crippen LogP contribution in [0.25, 0.3) is 0 Å². The van der Waals surface area contributed by atoms with Crippen LogP contribution >= 0.6 is 46.4 Å². The molecule has 9 heteroatoms. The van der Waals surface area contributed by atoms with Crippen molar-refractivity contribution in [2.75, 3.05) is 31.1 Å². The van der Waals surface area contributed by atoms with Gasteiger partial charge in [0, 0.05) is 36.2 Å². The van der Waals surface area contributed by atoms with Gasteiger partial charge in [0.15, 0.2) is 0 Å². The van der Waals surface area contributed by atoms with Crippen molar-refractivity contribution in [1.82, 2.24) is 4.31 Å². The Hall–Kier alpha value is -0.690. The number of rotatable bonds is 3. The smallest absolute Gasteiger partial charge is 0.244 e. The van der Waals surface area contributed by atoms with Gasteiger partial charge in [-0.2, -0.15) is 4.31 Å². The number of sulfonamides is 1. The molecular formula is C17H16Cl4N2O2S. The van der Waals surface area contributed by atoms with Gasteiger partial charge in [0.25, 0.3) is 0 Å². The Morgan fingerprint density at radius 2 is 1.50 bits per heavy atom. The first kappa shape index (κ1) is 20.1. The molecule has 2 aromatic rings. The van der Waals surface area contributed by atoms with Gasteiger partial charge < -0.3 is 4.90 Å². The fourth-order valence-electron chi connectivity index (χ4n) is 2.87. The van der Waals surface area contributed by atoms with Crippen molar-refractivity contribution in [3.63, 3.8) is 0 Å². The number of nitrogens with zero attached hydrogens (tertiary/aromatic N) is 2. The molecule has 0 radical (unpaired) electrons. The molecule has 1 heterocycles. The topological polar surface area (TPSA) is 40.6 Å². The van der Waals surface area contributed by atoms with E-state index in [0.717, 1.165) is 5.69 Å². The molecule has 1 fully saturated rings. The largest absolute Gasteiger partial charge is 0.368 e. The SMILES string of the molecule is Cc1c(Cl)ccc(S(=O)(=O)N2CCN(c3cc(Cl)ccc3Cl)CC2)c1Cl. The normalized spacial score (nSPS) is 16.1. The minimum absolute atomic E-state index is 0.0790. The van der Waals surface area contributed by atoms with Gasteiger partial charge in [0.05, 0.1) is 15.7 Å². The lowest BCUT2D eigenvalue weighted by atomic mass is 10.2. The molecule has 26 heavy (non-hydrogen) atoms. The second-order valence-corrected chi connectivity index (χ2v) is 9.51. The van der Waals surface area contributed by atoms with E-state index in [-0.39, 0.29) is 9.92 Å². The Bertz CT molecular complexity index is 942. The summed E-state index contributed by atoms with van der Waals surface area (Å²) >= 11 is 24.5. The summed E-state index contributed by atoms with van der Waals surface area (Å²) in [6.45, 7) is 3.35. The van der Waals surface area contributed by atoms with E-state index < -0.39 is 10.0 Å². The second-order valence-electron chi connectivity index (χ2n) is 5.97. The lowest BCUT2D eigenvalue weighted by molar-refractivity contribution is 0.385. The Morgan fingerprint density at radius 3 is 2.15 bits per heavy atom. The van der Waals surface area contributed by atoms with Gasteiger partial charge in [0.1, 0.15) is 4.90 Å². The molecule has 0 amide bonds. The van der Waals surface area contributed by atoms with Gasteiger partial charge in [-0.15, -0.1) is 0 Å². The summed E-state index contributed by atoms with van der Waals surface area (Å²) in [5.41, 5.74) is 1.36. The Kier molecular flexibility index (Phi) is 5.97. The van der Waals surface area contributed by atoms with Gasteiger partial charge in [-0.1, -0.05) is 46.4 Å². The number of hydrogen-bond donors (Lipinski definition) is 0. The molecule has 0 saturated carbocycles. The summed E-state index contributed by atoms with van der Waals surface area (Å²) < 4.78 is 27.4. The average Bonchev–Trinajstić information content (AvgIpc) is 2.61. The van der Waals surface area contributed by atoms with Crippen molar-refractivity contribution in [2.45, 2.75) is 11.8 Å². The zero-order chi connectivity index (χ0) is 19.1. The molecule has 0 aromatic heterocycles. The van der Waals surface area contributed by atoms with Crippen LogP contribution in [0, 0.1) is 6.92 Å². The van der Waals surface area contributed by atoms with Gasteiger partial charge in [-0.05, 0) is 42.8 Å². The fraction of sp³-hybridized carbons (Fsp3) is 0.294. The van der Waals surface area contributed by atoms with Crippen LogP contribution in [0.4, 0.5) is 5.69 Å². The number of benzene rings is 2. The average molecular weight is 454 g/mol. The monoisotopic (exact) mass is 452 g/mol. The summed E-state index contributed by atoms with van der Waals surface area (Å²) in [6, 6.07) is 8.25. The van der Waals surface area contributed by atoms with Gasteiger partial charge in [0.2, 0.25) is 10.0 Å². The van der Waals surface area contributed by atoms with E-state index >= 15 is 0 Å². The van der Waals surface area contributed by atoms with Crippen molar-refractivity contribution in [1.29, 1.82) is 0 Å². The van der Waals surface area contributed by atoms with Crippen molar-refractivity contribution < 1.29 is 8.42 Å². The molecule has 0 spiro atoms. The third-order valence-corrected chi connectivity index (χ3v) is 7.89. The number of anilines is 1. The molecule has 1 saturated heterocycles. The van der Waals surface area contributed by atoms with E-state index in [0.29, 0.717) is 46.8 Å². The summed E-state index contributed by atoms with van der Waals surface area (Å²) in [6.07, 6.45) is 0. The van der Waals surface area contributed by atoms with Crippen molar-refractivity contribution in [3.05, 3.63) is 56.0 Å². The van der Waals surface area contributed by atoms with Gasteiger partial charge in [-0.25, -0.2) is 8.42 Å². The number of hydrogen-bond acceptors (Lipinski definition) is 3. The van der Waals surface area contributed by atoms with E-state index in [4.69, 9.17) is 46.4 Å². The van der Waals surface area contributed by atoms with Crippen molar-refractivity contribution in [3.8, 4) is 0 Å². The summed E-state index contributed by atoms with van der Waals surface area (Å²) in [5, 5.41) is 1.78. The van der Waals surface area contributed by atoms with E-state index in [9.17, 15) is 8.42 Å². The highest BCUT2D eigenvalue weighted by Gasteiger charge is 2.31. The number of halogens is 4. The first-order chi connectivity index (χ1) is 12.2. The lowest BCUT2D eigenvalue weighted by Gasteiger charge is -2.36. The molecule has 1 aliphatic heterocycles. The van der Waals surface area contributed by atoms with E-state index in [1.807, 2.05) is 4.90 Å². The minimum atomic E-state index is -3.70. The fourth-order valence-corrected chi connectivity index (χ4v) is 5.48. The molecule has 140 valence electrons. The molecule has 0 aliphatic carbocycles. The molecule has 3 rings (SSSR count). The van der Waals surface area contributed by atoms with E-state index in [1.165, 1.54) is 10.4 Å². The van der Waals surface area contributed by atoms with Crippen LogP contribution in [0.2, 0.25) is 20.1 Å². The molecule has 0 N–H and O–H groups in total. The maximum Gasteiger partial charge on any atom is 0.244 e. The highest BCUT2D eigenvalue weighted by atomic mass is 35.5. The van der Waals surface area contributed by atoms with Crippen LogP contribution in [0.5, 0.6) is 0 Å². The summed E-state index contributed by atoms with van der Waals surface area (Å²) in [4.78, 5) is 2.10. The Labute approximate surface area is 173 Å². The highest BCUT2D eigenvalue weighted by molar-refractivity contribution is 7.89.